The fourth-order valence-corrected chi connectivity index (χ4v) is 2.00. The molecule has 0 aromatic rings. The summed E-state index contributed by atoms with van der Waals surface area (Å²) < 4.78 is 34.9. The summed E-state index contributed by atoms with van der Waals surface area (Å²) in [4.78, 5) is 3.60. The van der Waals surface area contributed by atoms with Crippen molar-refractivity contribution in [2.45, 2.75) is 13.3 Å². The van der Waals surface area contributed by atoms with Gasteiger partial charge in [0.25, 0.3) is 0 Å². The first-order valence-electron chi connectivity index (χ1n) is 3.69. The average molecular weight is 191 g/mol. The molecule has 0 aliphatic carbocycles. The molecule has 0 N–H and O–H groups in total. The summed E-state index contributed by atoms with van der Waals surface area (Å²) in [5, 5.41) is 0. The minimum atomic E-state index is -3.21. The lowest BCUT2D eigenvalue weighted by Gasteiger charge is -2.08. The number of allylic oxidation sites excluding steroid dienone is 1. The summed E-state index contributed by atoms with van der Waals surface area (Å²) in [6, 6.07) is 0. The van der Waals surface area contributed by atoms with Gasteiger partial charge in [0.15, 0.2) is 9.84 Å². The SMILES string of the molecule is CCS(=O)(=O)C1=CC(F)=NCC1. The summed E-state index contributed by atoms with van der Waals surface area (Å²) in [5.41, 5.74) is 0. The van der Waals surface area contributed by atoms with Crippen LogP contribution in [0.25, 0.3) is 0 Å². The third-order valence-electron chi connectivity index (χ3n) is 1.68. The van der Waals surface area contributed by atoms with Crippen molar-refractivity contribution in [3.63, 3.8) is 0 Å². The highest BCUT2D eigenvalue weighted by molar-refractivity contribution is 7.95. The van der Waals surface area contributed by atoms with E-state index >= 15 is 0 Å². The van der Waals surface area contributed by atoms with Gasteiger partial charge in [0.1, 0.15) is 0 Å². The van der Waals surface area contributed by atoms with Crippen molar-refractivity contribution in [1.82, 2.24) is 0 Å². The number of nitrogens with zero attached hydrogens (tertiary/aromatic N) is 1. The number of halogens is 1. The largest absolute Gasteiger partial charge is 0.258 e. The van der Waals surface area contributed by atoms with Crippen molar-refractivity contribution in [2.24, 2.45) is 4.99 Å². The lowest BCUT2D eigenvalue weighted by Crippen LogP contribution is -2.12. The predicted molar refractivity (Wildman–Crippen MR) is 45.6 cm³/mol. The second-order valence-corrected chi connectivity index (χ2v) is 4.80. The Labute approximate surface area is 70.9 Å². The van der Waals surface area contributed by atoms with Crippen LogP contribution in [-0.4, -0.2) is 26.7 Å². The predicted octanol–water partition coefficient (Wildman–Crippen LogP) is 1.08. The molecule has 5 heteroatoms. The maximum Gasteiger partial charge on any atom is 0.209 e. The van der Waals surface area contributed by atoms with Crippen molar-refractivity contribution >= 4 is 15.8 Å². The number of hydrogen-bond acceptors (Lipinski definition) is 3. The quantitative estimate of drug-likeness (QED) is 0.655. The average Bonchev–Trinajstić information content (AvgIpc) is 2.05. The Hall–Kier alpha value is -0.710. The third kappa shape index (κ3) is 1.91. The van der Waals surface area contributed by atoms with E-state index in [9.17, 15) is 12.8 Å². The van der Waals surface area contributed by atoms with Crippen LogP contribution in [0.4, 0.5) is 4.39 Å². The molecule has 1 rings (SSSR count). The van der Waals surface area contributed by atoms with E-state index in [-0.39, 0.29) is 17.2 Å². The van der Waals surface area contributed by atoms with Gasteiger partial charge in [-0.15, -0.1) is 0 Å². The Morgan fingerprint density at radius 1 is 1.67 bits per heavy atom. The first-order chi connectivity index (χ1) is 5.56. The van der Waals surface area contributed by atoms with Gasteiger partial charge >= 0.3 is 0 Å². The molecule has 0 radical (unpaired) electrons. The van der Waals surface area contributed by atoms with E-state index in [2.05, 4.69) is 4.99 Å². The van der Waals surface area contributed by atoms with Gasteiger partial charge in [-0.2, -0.15) is 4.39 Å². The Morgan fingerprint density at radius 3 is 2.83 bits per heavy atom. The van der Waals surface area contributed by atoms with Crippen LogP contribution in [0, 0.1) is 0 Å². The van der Waals surface area contributed by atoms with Crippen molar-refractivity contribution in [3.05, 3.63) is 11.0 Å². The summed E-state index contributed by atoms with van der Waals surface area (Å²) in [6.07, 6.45) is 1.33. The van der Waals surface area contributed by atoms with Crippen molar-refractivity contribution in [1.29, 1.82) is 0 Å². The lowest BCUT2D eigenvalue weighted by atomic mass is 10.3. The van der Waals surface area contributed by atoms with E-state index in [0.717, 1.165) is 6.08 Å². The normalized spacial score (nSPS) is 18.5. The molecule has 0 unspecified atom stereocenters. The Balaban J connectivity index is 2.98. The maximum absolute atomic E-state index is 12.5. The van der Waals surface area contributed by atoms with Crippen molar-refractivity contribution in [3.8, 4) is 0 Å². The standard InChI is InChI=1S/C7H10FNO2S/c1-2-12(10,11)6-3-4-9-7(8)5-6/h5H,2-4H2,1H3. The smallest absolute Gasteiger partial charge is 0.209 e. The third-order valence-corrected chi connectivity index (χ3v) is 3.56. The fourth-order valence-electron chi connectivity index (χ4n) is 0.954. The van der Waals surface area contributed by atoms with Crippen LogP contribution in [-0.2, 0) is 9.84 Å². The molecule has 0 saturated heterocycles. The van der Waals surface area contributed by atoms with Gasteiger partial charge < -0.3 is 0 Å². The summed E-state index contributed by atoms with van der Waals surface area (Å²) in [6.45, 7) is 1.77. The van der Waals surface area contributed by atoms with Crippen LogP contribution in [0.2, 0.25) is 0 Å². The van der Waals surface area contributed by atoms with Crippen LogP contribution in [0.3, 0.4) is 0 Å². The minimum Gasteiger partial charge on any atom is -0.258 e. The van der Waals surface area contributed by atoms with Gasteiger partial charge in [-0.3, -0.25) is 4.99 Å². The van der Waals surface area contributed by atoms with Crippen LogP contribution in [0.5, 0.6) is 0 Å². The Kier molecular flexibility index (Phi) is 2.62. The zero-order valence-electron chi connectivity index (χ0n) is 6.75. The molecule has 0 amide bonds. The van der Waals surface area contributed by atoms with E-state index in [1.165, 1.54) is 0 Å². The van der Waals surface area contributed by atoms with Crippen LogP contribution in [0.1, 0.15) is 13.3 Å². The van der Waals surface area contributed by atoms with Crippen LogP contribution >= 0.6 is 0 Å². The molecular weight excluding hydrogens is 181 g/mol. The molecule has 0 bridgehead atoms. The van der Waals surface area contributed by atoms with Crippen LogP contribution < -0.4 is 0 Å². The van der Waals surface area contributed by atoms with Gasteiger partial charge in [-0.05, 0) is 0 Å². The van der Waals surface area contributed by atoms with Crippen molar-refractivity contribution in [2.75, 3.05) is 12.3 Å². The highest BCUT2D eigenvalue weighted by Gasteiger charge is 2.18. The van der Waals surface area contributed by atoms with Gasteiger partial charge in [0.2, 0.25) is 5.97 Å². The molecule has 68 valence electrons. The van der Waals surface area contributed by atoms with E-state index in [1.54, 1.807) is 6.92 Å². The summed E-state index contributed by atoms with van der Waals surface area (Å²) >= 11 is 0. The van der Waals surface area contributed by atoms with Gasteiger partial charge in [0.05, 0.1) is 10.7 Å². The molecule has 0 spiro atoms. The molecule has 0 aromatic heterocycles. The molecule has 0 aromatic carbocycles. The van der Waals surface area contributed by atoms with E-state index in [1.807, 2.05) is 0 Å². The molecule has 3 nitrogen and oxygen atoms in total. The van der Waals surface area contributed by atoms with E-state index in [0.29, 0.717) is 6.42 Å². The lowest BCUT2D eigenvalue weighted by molar-refractivity contribution is 0.600. The van der Waals surface area contributed by atoms with E-state index < -0.39 is 15.8 Å². The highest BCUT2D eigenvalue weighted by Crippen LogP contribution is 2.16. The summed E-state index contributed by atoms with van der Waals surface area (Å²) in [5.74, 6) is -0.667. The molecule has 1 aliphatic rings. The maximum atomic E-state index is 12.5. The van der Waals surface area contributed by atoms with E-state index in [4.69, 9.17) is 0 Å². The second-order valence-electron chi connectivity index (χ2n) is 2.47. The second kappa shape index (κ2) is 3.35. The zero-order valence-corrected chi connectivity index (χ0v) is 7.57. The number of aliphatic imine (C=N–C) groups is 1. The number of dihydropyridines is 1. The topological polar surface area (TPSA) is 46.5 Å². The molecule has 0 atom stereocenters. The number of hydrogen-bond donors (Lipinski definition) is 0. The Morgan fingerprint density at radius 2 is 2.33 bits per heavy atom. The zero-order chi connectivity index (χ0) is 9.19. The monoisotopic (exact) mass is 191 g/mol. The molecule has 1 heterocycles. The summed E-state index contributed by atoms with van der Waals surface area (Å²) in [7, 11) is -3.21. The molecule has 12 heavy (non-hydrogen) atoms. The Bertz CT molecular complexity index is 329. The van der Waals surface area contributed by atoms with Crippen molar-refractivity contribution < 1.29 is 12.8 Å². The first-order valence-corrected chi connectivity index (χ1v) is 5.35. The first kappa shape index (κ1) is 9.38. The number of rotatable bonds is 2. The molecule has 1 aliphatic heterocycles. The number of sulfone groups is 1. The molecular formula is C7H10FNO2S. The molecule has 0 saturated carbocycles. The van der Waals surface area contributed by atoms with Gasteiger partial charge in [0, 0.05) is 19.0 Å². The fraction of sp³-hybridized carbons (Fsp3) is 0.571. The van der Waals surface area contributed by atoms with Gasteiger partial charge in [-0.25, -0.2) is 8.42 Å². The highest BCUT2D eigenvalue weighted by atomic mass is 32.2. The van der Waals surface area contributed by atoms with Crippen LogP contribution in [0.15, 0.2) is 16.0 Å². The minimum absolute atomic E-state index is 0.0200. The molecule has 0 fully saturated rings. The van der Waals surface area contributed by atoms with Gasteiger partial charge in [-0.1, -0.05) is 6.92 Å².